The Labute approximate surface area is 349 Å². The Kier molecular flexibility index (Phi) is 6.25. The molecule has 0 N–H and O–H groups in total. The van der Waals surface area contributed by atoms with E-state index in [2.05, 4.69) is 218 Å². The highest BCUT2D eigenvalue weighted by molar-refractivity contribution is 6.31. The first-order valence-electron chi connectivity index (χ1n) is 21.2. The van der Waals surface area contributed by atoms with Gasteiger partial charge in [-0.15, -0.1) is 0 Å². The van der Waals surface area contributed by atoms with Gasteiger partial charge in [0.1, 0.15) is 0 Å². The predicted octanol–water partition coefficient (Wildman–Crippen LogP) is 15.0. The van der Waals surface area contributed by atoms with E-state index in [0.29, 0.717) is 0 Å². The molecule has 14 rings (SSSR count). The summed E-state index contributed by atoms with van der Waals surface area (Å²) >= 11 is 0. The Morgan fingerprint density at radius 1 is 0.267 bits per heavy atom. The second-order valence-corrected chi connectivity index (χ2v) is 17.0. The zero-order valence-electron chi connectivity index (χ0n) is 32.8. The fraction of sp³-hybridized carbons (Fsp3) is 0.0333. The first kappa shape index (κ1) is 32.4. The van der Waals surface area contributed by atoms with E-state index < -0.39 is 10.8 Å². The third kappa shape index (κ3) is 3.75. The summed E-state index contributed by atoms with van der Waals surface area (Å²) in [7, 11) is 0. The summed E-state index contributed by atoms with van der Waals surface area (Å²) in [6, 6.07) is 82.7. The first-order chi connectivity index (χ1) is 29.8. The van der Waals surface area contributed by atoms with Crippen molar-refractivity contribution in [3.05, 3.63) is 263 Å². The van der Waals surface area contributed by atoms with E-state index in [1.54, 1.807) is 0 Å². The molecule has 0 atom stereocenters. The van der Waals surface area contributed by atoms with Crippen LogP contribution in [0.4, 0.5) is 0 Å². The normalized spacial score (nSPS) is 14.6. The quantitative estimate of drug-likeness (QED) is 0.158. The molecular formula is C60H36. The summed E-state index contributed by atoms with van der Waals surface area (Å²) in [6.45, 7) is 0. The Morgan fingerprint density at radius 2 is 0.750 bits per heavy atom. The molecule has 0 heterocycles. The topological polar surface area (TPSA) is 0 Å². The highest BCUT2D eigenvalue weighted by Crippen LogP contribution is 2.66. The lowest BCUT2D eigenvalue weighted by Gasteiger charge is -2.34. The molecule has 0 fully saturated rings. The van der Waals surface area contributed by atoms with Crippen LogP contribution in [0.2, 0.25) is 0 Å². The number of fused-ring (bicyclic) bond motifs is 15. The molecule has 0 unspecified atom stereocenters. The van der Waals surface area contributed by atoms with Crippen LogP contribution < -0.4 is 0 Å². The van der Waals surface area contributed by atoms with Gasteiger partial charge in [0, 0.05) is 0 Å². The van der Waals surface area contributed by atoms with Crippen LogP contribution in [0.25, 0.3) is 76.8 Å². The van der Waals surface area contributed by atoms with Crippen LogP contribution in [0.15, 0.2) is 218 Å². The Morgan fingerprint density at radius 3 is 1.40 bits per heavy atom. The largest absolute Gasteiger partial charge is 0.0731 e. The van der Waals surface area contributed by atoms with Gasteiger partial charge in [-0.1, -0.05) is 206 Å². The summed E-state index contributed by atoms with van der Waals surface area (Å²) in [5.74, 6) is 0. The maximum Gasteiger partial charge on any atom is 0.0731 e. The van der Waals surface area contributed by atoms with Gasteiger partial charge in [-0.05, 0) is 133 Å². The maximum atomic E-state index is 2.49. The minimum absolute atomic E-state index is 0.427. The van der Waals surface area contributed by atoms with Gasteiger partial charge in [-0.2, -0.15) is 0 Å². The van der Waals surface area contributed by atoms with E-state index in [1.165, 1.54) is 121 Å². The molecule has 3 aliphatic rings. The van der Waals surface area contributed by atoms with Gasteiger partial charge in [0.15, 0.2) is 0 Å². The molecular weight excluding hydrogens is 721 g/mol. The summed E-state index contributed by atoms with van der Waals surface area (Å²) in [5.41, 5.74) is 20.5. The molecule has 11 aromatic carbocycles. The van der Waals surface area contributed by atoms with E-state index in [0.717, 1.165) is 0 Å². The van der Waals surface area contributed by atoms with Gasteiger partial charge in [-0.3, -0.25) is 0 Å². The number of hydrogen-bond donors (Lipinski definition) is 0. The SMILES string of the molecule is c1ccc(C2(c3ccccc3)c3ccccc3-c3cc(-c4cc5cccc6c7c(c8cccc4c8c56)C4(c5ccccc5-c5ccccc54)c4ccccc4-7)ccc32)cc1. The van der Waals surface area contributed by atoms with Crippen molar-refractivity contribution in [1.82, 2.24) is 0 Å². The molecule has 0 aliphatic heterocycles. The standard InChI is InChI=1S/C60H36/c1-3-18-39(19-4-1)59(40-20-5-2-6-21-40)50-29-11-9-24-43(50)49-35-37(33-34-54(49)59)48-36-38-17-15-27-46-55(38)56-44(48)26-16-28-47(56)58-57(46)45-25-10-14-32-53(45)60(58)51-30-12-7-22-41(51)42-23-8-13-31-52(42)60/h1-36H. The van der Waals surface area contributed by atoms with Crippen molar-refractivity contribution < 1.29 is 0 Å². The maximum absolute atomic E-state index is 2.49. The fourth-order valence-electron chi connectivity index (χ4n) is 12.4. The van der Waals surface area contributed by atoms with Crippen LogP contribution in [-0.2, 0) is 10.8 Å². The van der Waals surface area contributed by atoms with E-state index in [1.807, 2.05) is 0 Å². The molecule has 0 aromatic heterocycles. The second kappa shape index (κ2) is 11.6. The Bertz CT molecular complexity index is 3500. The number of benzene rings is 11. The summed E-state index contributed by atoms with van der Waals surface area (Å²) in [4.78, 5) is 0. The van der Waals surface area contributed by atoms with Crippen molar-refractivity contribution in [1.29, 1.82) is 0 Å². The Balaban J connectivity index is 1.09. The zero-order valence-corrected chi connectivity index (χ0v) is 32.8. The molecule has 0 heteroatoms. The van der Waals surface area contributed by atoms with Crippen LogP contribution in [0.5, 0.6) is 0 Å². The van der Waals surface area contributed by atoms with E-state index >= 15 is 0 Å². The third-order valence-electron chi connectivity index (χ3n) is 14.5. The van der Waals surface area contributed by atoms with Crippen molar-refractivity contribution in [3.8, 4) is 44.5 Å². The lowest BCUT2D eigenvalue weighted by atomic mass is 9.67. The average Bonchev–Trinajstić information content (AvgIpc) is 3.92. The van der Waals surface area contributed by atoms with Crippen LogP contribution in [-0.4, -0.2) is 0 Å². The van der Waals surface area contributed by atoms with Crippen molar-refractivity contribution in [2.75, 3.05) is 0 Å². The second-order valence-electron chi connectivity index (χ2n) is 17.0. The summed E-state index contributed by atoms with van der Waals surface area (Å²) in [6.07, 6.45) is 0. The van der Waals surface area contributed by atoms with E-state index in [-0.39, 0.29) is 0 Å². The fourth-order valence-corrected chi connectivity index (χ4v) is 12.4. The monoisotopic (exact) mass is 756 g/mol. The third-order valence-corrected chi connectivity index (χ3v) is 14.5. The molecule has 0 saturated heterocycles. The minimum atomic E-state index is -0.432. The number of hydrogen-bond acceptors (Lipinski definition) is 0. The minimum Gasteiger partial charge on any atom is -0.0622 e. The molecule has 60 heavy (non-hydrogen) atoms. The van der Waals surface area contributed by atoms with Crippen molar-refractivity contribution in [2.24, 2.45) is 0 Å². The smallest absolute Gasteiger partial charge is 0.0622 e. The summed E-state index contributed by atoms with van der Waals surface area (Å²) in [5, 5.41) is 7.97. The molecule has 0 radical (unpaired) electrons. The van der Waals surface area contributed by atoms with Crippen LogP contribution in [0, 0.1) is 0 Å². The van der Waals surface area contributed by atoms with E-state index in [9.17, 15) is 0 Å². The summed E-state index contributed by atoms with van der Waals surface area (Å²) < 4.78 is 0. The first-order valence-corrected chi connectivity index (χ1v) is 21.2. The van der Waals surface area contributed by atoms with Crippen LogP contribution in [0.3, 0.4) is 0 Å². The van der Waals surface area contributed by atoms with Gasteiger partial charge in [0.2, 0.25) is 0 Å². The van der Waals surface area contributed by atoms with Crippen molar-refractivity contribution >= 4 is 32.3 Å². The predicted molar refractivity (Wildman–Crippen MR) is 249 cm³/mol. The zero-order chi connectivity index (χ0) is 39.2. The van der Waals surface area contributed by atoms with Gasteiger partial charge < -0.3 is 0 Å². The van der Waals surface area contributed by atoms with Gasteiger partial charge in [0.25, 0.3) is 0 Å². The molecule has 3 aliphatic carbocycles. The van der Waals surface area contributed by atoms with Gasteiger partial charge in [0.05, 0.1) is 10.8 Å². The number of rotatable bonds is 3. The van der Waals surface area contributed by atoms with E-state index in [4.69, 9.17) is 0 Å². The van der Waals surface area contributed by atoms with Crippen LogP contribution >= 0.6 is 0 Å². The average molecular weight is 757 g/mol. The van der Waals surface area contributed by atoms with Crippen LogP contribution in [0.1, 0.15) is 44.5 Å². The molecule has 0 bridgehead atoms. The van der Waals surface area contributed by atoms with Gasteiger partial charge >= 0.3 is 0 Å². The van der Waals surface area contributed by atoms with Crippen molar-refractivity contribution in [3.63, 3.8) is 0 Å². The highest BCUT2D eigenvalue weighted by atomic mass is 14.5. The Hall–Kier alpha value is -7.54. The molecule has 1 spiro atoms. The lowest BCUT2D eigenvalue weighted by Crippen LogP contribution is -2.28. The van der Waals surface area contributed by atoms with Gasteiger partial charge in [-0.25, -0.2) is 0 Å². The molecule has 276 valence electrons. The highest BCUT2D eigenvalue weighted by Gasteiger charge is 2.53. The molecule has 11 aromatic rings. The molecule has 0 amide bonds. The molecule has 0 saturated carbocycles. The molecule has 0 nitrogen and oxygen atoms in total. The van der Waals surface area contributed by atoms with Crippen molar-refractivity contribution in [2.45, 2.75) is 10.8 Å². The lowest BCUT2D eigenvalue weighted by molar-refractivity contribution is 0.768.